The van der Waals surface area contributed by atoms with Gasteiger partial charge in [0, 0.05) is 32.7 Å². The zero-order valence-electron chi connectivity index (χ0n) is 14.3. The number of carbonyl (C=O) groups excluding carboxylic acids is 2. The summed E-state index contributed by atoms with van der Waals surface area (Å²) >= 11 is 6.27. The molecule has 0 unspecified atom stereocenters. The third-order valence-electron chi connectivity index (χ3n) is 3.94. The second kappa shape index (κ2) is 8.24. The van der Waals surface area contributed by atoms with Crippen molar-refractivity contribution in [1.29, 1.82) is 0 Å². The number of methoxy groups -OCH3 is 1. The van der Waals surface area contributed by atoms with E-state index < -0.39 is 0 Å². The monoisotopic (exact) mass is 353 g/mol. The van der Waals surface area contributed by atoms with Gasteiger partial charge in [-0.3, -0.25) is 0 Å². The van der Waals surface area contributed by atoms with Gasteiger partial charge in [0.05, 0.1) is 23.4 Å². The van der Waals surface area contributed by atoms with Gasteiger partial charge in [-0.15, -0.1) is 0 Å². The Bertz CT molecular complexity index is 599. The summed E-state index contributed by atoms with van der Waals surface area (Å²) in [6, 6.07) is 5.05. The molecule has 0 aliphatic carbocycles. The third-order valence-corrected chi connectivity index (χ3v) is 4.26. The molecule has 2 amide bonds. The summed E-state index contributed by atoms with van der Waals surface area (Å²) in [7, 11) is 1.35. The lowest BCUT2D eigenvalue weighted by Gasteiger charge is -2.36. The molecule has 0 bridgehead atoms. The van der Waals surface area contributed by atoms with E-state index in [0.717, 1.165) is 5.69 Å². The largest absolute Gasteiger partial charge is 0.465 e. The van der Waals surface area contributed by atoms with E-state index in [1.807, 2.05) is 0 Å². The molecule has 7 heteroatoms. The van der Waals surface area contributed by atoms with Crippen LogP contribution in [0.1, 0.15) is 24.2 Å². The second-order valence-electron chi connectivity index (χ2n) is 6.21. The van der Waals surface area contributed by atoms with Crippen LogP contribution in [0.2, 0.25) is 5.02 Å². The highest BCUT2D eigenvalue weighted by molar-refractivity contribution is 6.33. The van der Waals surface area contributed by atoms with Crippen LogP contribution >= 0.6 is 11.6 Å². The van der Waals surface area contributed by atoms with Gasteiger partial charge in [0.2, 0.25) is 0 Å². The minimum Gasteiger partial charge on any atom is -0.465 e. The average molecular weight is 354 g/mol. The number of ether oxygens (including phenoxy) is 1. The molecule has 0 radical (unpaired) electrons. The van der Waals surface area contributed by atoms with Crippen LogP contribution in [0.3, 0.4) is 0 Å². The molecule has 0 spiro atoms. The number of benzene rings is 1. The lowest BCUT2D eigenvalue weighted by Crippen LogP contribution is -2.52. The normalized spacial score (nSPS) is 14.7. The van der Waals surface area contributed by atoms with Gasteiger partial charge in [-0.25, -0.2) is 9.59 Å². The van der Waals surface area contributed by atoms with Gasteiger partial charge < -0.3 is 19.9 Å². The zero-order valence-corrected chi connectivity index (χ0v) is 15.1. The number of hydrogen-bond acceptors (Lipinski definition) is 4. The first-order chi connectivity index (χ1) is 11.4. The fraction of sp³-hybridized carbons (Fsp3) is 0.529. The highest BCUT2D eigenvalue weighted by Crippen LogP contribution is 2.28. The number of halogens is 1. The first kappa shape index (κ1) is 18.4. The molecule has 0 aromatic heterocycles. The summed E-state index contributed by atoms with van der Waals surface area (Å²) in [5.74, 6) is 0.0368. The molecular weight excluding hydrogens is 330 g/mol. The zero-order chi connectivity index (χ0) is 17.7. The molecule has 1 aromatic rings. The fourth-order valence-corrected chi connectivity index (χ4v) is 2.79. The standard InChI is InChI=1S/C17H24ClN3O3/c1-12(2)11-19-17(23)21-8-6-20(7-9-21)15-10-13(16(22)24-3)4-5-14(15)18/h4-5,10,12H,6-9,11H2,1-3H3,(H,19,23). The van der Waals surface area contributed by atoms with Crippen LogP contribution in [0.4, 0.5) is 10.5 Å². The Balaban J connectivity index is 1.99. The van der Waals surface area contributed by atoms with Gasteiger partial charge in [-0.2, -0.15) is 0 Å². The Labute approximate surface area is 147 Å². The van der Waals surface area contributed by atoms with Crippen molar-refractivity contribution in [3.8, 4) is 0 Å². The number of carbonyl (C=O) groups is 2. The van der Waals surface area contributed by atoms with Crippen LogP contribution in [0.25, 0.3) is 0 Å². The number of hydrogen-bond donors (Lipinski definition) is 1. The molecule has 1 aromatic carbocycles. The predicted octanol–water partition coefficient (Wildman–Crippen LogP) is 2.61. The van der Waals surface area contributed by atoms with E-state index in [1.165, 1.54) is 7.11 Å². The summed E-state index contributed by atoms with van der Waals surface area (Å²) in [4.78, 5) is 27.7. The second-order valence-corrected chi connectivity index (χ2v) is 6.62. The Morgan fingerprint density at radius 2 is 1.92 bits per heavy atom. The predicted molar refractivity (Wildman–Crippen MR) is 94.8 cm³/mol. The Kier molecular flexibility index (Phi) is 6.31. The topological polar surface area (TPSA) is 61.9 Å². The summed E-state index contributed by atoms with van der Waals surface area (Å²) in [6.45, 7) is 7.36. The molecular formula is C17H24ClN3O3. The number of nitrogens with zero attached hydrogens (tertiary/aromatic N) is 2. The number of nitrogens with one attached hydrogen (secondary N) is 1. The van der Waals surface area contributed by atoms with E-state index in [4.69, 9.17) is 16.3 Å². The molecule has 132 valence electrons. The molecule has 0 saturated carbocycles. The van der Waals surface area contributed by atoms with Crippen molar-refractivity contribution in [3.05, 3.63) is 28.8 Å². The molecule has 1 fully saturated rings. The van der Waals surface area contributed by atoms with Crippen molar-refractivity contribution in [1.82, 2.24) is 10.2 Å². The van der Waals surface area contributed by atoms with Crippen LogP contribution in [0.15, 0.2) is 18.2 Å². The SMILES string of the molecule is COC(=O)c1ccc(Cl)c(N2CCN(C(=O)NCC(C)C)CC2)c1. The number of esters is 1. The fourth-order valence-electron chi connectivity index (χ4n) is 2.55. The molecule has 1 heterocycles. The summed E-state index contributed by atoms with van der Waals surface area (Å²) in [6.07, 6.45) is 0. The van der Waals surface area contributed by atoms with Crippen LogP contribution < -0.4 is 10.2 Å². The molecule has 6 nitrogen and oxygen atoms in total. The summed E-state index contributed by atoms with van der Waals surface area (Å²) in [5.41, 5.74) is 1.26. The molecule has 24 heavy (non-hydrogen) atoms. The van der Waals surface area contributed by atoms with Crippen molar-refractivity contribution >= 4 is 29.3 Å². The molecule has 1 saturated heterocycles. The van der Waals surface area contributed by atoms with Crippen molar-refractivity contribution in [2.24, 2.45) is 5.92 Å². The van der Waals surface area contributed by atoms with E-state index in [-0.39, 0.29) is 12.0 Å². The third kappa shape index (κ3) is 4.54. The van der Waals surface area contributed by atoms with Crippen molar-refractivity contribution in [2.75, 3.05) is 44.7 Å². The quantitative estimate of drug-likeness (QED) is 0.845. The van der Waals surface area contributed by atoms with Crippen molar-refractivity contribution in [2.45, 2.75) is 13.8 Å². The highest BCUT2D eigenvalue weighted by Gasteiger charge is 2.23. The van der Waals surface area contributed by atoms with Gasteiger partial charge in [-0.1, -0.05) is 25.4 Å². The lowest BCUT2D eigenvalue weighted by atomic mass is 10.1. The van der Waals surface area contributed by atoms with Gasteiger partial charge in [0.15, 0.2) is 0 Å². The van der Waals surface area contributed by atoms with E-state index in [9.17, 15) is 9.59 Å². The number of urea groups is 1. The lowest BCUT2D eigenvalue weighted by molar-refractivity contribution is 0.0600. The van der Waals surface area contributed by atoms with E-state index >= 15 is 0 Å². The molecule has 1 aliphatic heterocycles. The number of piperazine rings is 1. The molecule has 0 atom stereocenters. The molecule has 2 rings (SSSR count). The summed E-state index contributed by atoms with van der Waals surface area (Å²) in [5, 5.41) is 3.51. The van der Waals surface area contributed by atoms with Gasteiger partial charge in [0.1, 0.15) is 0 Å². The molecule has 1 aliphatic rings. The minimum absolute atomic E-state index is 0.0299. The maximum absolute atomic E-state index is 12.1. The Hall–Kier alpha value is -1.95. The number of amides is 2. The van der Waals surface area contributed by atoms with Crippen molar-refractivity contribution in [3.63, 3.8) is 0 Å². The first-order valence-corrected chi connectivity index (χ1v) is 8.45. The maximum Gasteiger partial charge on any atom is 0.337 e. The van der Waals surface area contributed by atoms with Gasteiger partial charge in [-0.05, 0) is 24.1 Å². The van der Waals surface area contributed by atoms with Gasteiger partial charge >= 0.3 is 12.0 Å². The minimum atomic E-state index is -0.389. The Morgan fingerprint density at radius 3 is 2.50 bits per heavy atom. The van der Waals surface area contributed by atoms with Crippen LogP contribution in [0, 0.1) is 5.92 Å². The van der Waals surface area contributed by atoms with Crippen molar-refractivity contribution < 1.29 is 14.3 Å². The highest BCUT2D eigenvalue weighted by atomic mass is 35.5. The number of anilines is 1. The average Bonchev–Trinajstić information content (AvgIpc) is 2.59. The van der Waals surface area contributed by atoms with E-state index in [2.05, 4.69) is 24.1 Å². The first-order valence-electron chi connectivity index (χ1n) is 8.08. The Morgan fingerprint density at radius 1 is 1.25 bits per heavy atom. The maximum atomic E-state index is 12.1. The van der Waals surface area contributed by atoms with E-state index in [0.29, 0.717) is 49.2 Å². The van der Waals surface area contributed by atoms with Gasteiger partial charge in [0.25, 0.3) is 0 Å². The van der Waals surface area contributed by atoms with Crippen LogP contribution in [0.5, 0.6) is 0 Å². The number of rotatable bonds is 4. The van der Waals surface area contributed by atoms with E-state index in [1.54, 1.807) is 23.1 Å². The summed E-state index contributed by atoms with van der Waals surface area (Å²) < 4.78 is 4.75. The molecule has 1 N–H and O–H groups in total. The van der Waals surface area contributed by atoms with Crippen LogP contribution in [-0.2, 0) is 4.74 Å². The smallest absolute Gasteiger partial charge is 0.337 e. The van der Waals surface area contributed by atoms with Crippen LogP contribution in [-0.4, -0.2) is 56.7 Å².